The molecule has 16 heavy (non-hydrogen) atoms. The predicted octanol–water partition coefficient (Wildman–Crippen LogP) is 3.28. The second-order valence-corrected chi connectivity index (χ2v) is 4.09. The van der Waals surface area contributed by atoms with Crippen molar-refractivity contribution in [3.8, 4) is 0 Å². The summed E-state index contributed by atoms with van der Waals surface area (Å²) in [4.78, 5) is 0. The number of benzene rings is 1. The normalized spacial score (nSPS) is 13.9. The molecule has 0 heterocycles. The highest BCUT2D eigenvalue weighted by atomic mass is 79.9. The van der Waals surface area contributed by atoms with Crippen molar-refractivity contribution < 1.29 is 17.6 Å². The fraction of sp³-hybridized carbons (Fsp3) is 0.400. The fourth-order valence-corrected chi connectivity index (χ4v) is 1.73. The largest absolute Gasteiger partial charge is 0.404 e. The van der Waals surface area contributed by atoms with E-state index in [9.17, 15) is 17.6 Å². The van der Waals surface area contributed by atoms with Crippen molar-refractivity contribution in [3.63, 3.8) is 0 Å². The molecule has 1 unspecified atom stereocenters. The fourth-order valence-electron chi connectivity index (χ4n) is 1.31. The van der Waals surface area contributed by atoms with Crippen LogP contribution in [-0.4, -0.2) is 19.3 Å². The number of hydrogen-bond donors (Lipinski definition) is 1. The Hall–Kier alpha value is -0.620. The minimum absolute atomic E-state index is 0.0829. The molecule has 1 N–H and O–H groups in total. The number of nitrogens with one attached hydrogen (secondary N) is 1. The second-order valence-electron chi connectivity index (χ2n) is 3.30. The molecular weight excluding hydrogens is 290 g/mol. The lowest BCUT2D eigenvalue weighted by Gasteiger charge is -2.20. The van der Waals surface area contributed by atoms with Crippen LogP contribution in [0, 0.1) is 5.82 Å². The average molecular weight is 300 g/mol. The Morgan fingerprint density at radius 1 is 1.38 bits per heavy atom. The van der Waals surface area contributed by atoms with E-state index < -0.39 is 18.0 Å². The van der Waals surface area contributed by atoms with E-state index in [1.807, 2.05) is 0 Å². The van der Waals surface area contributed by atoms with E-state index >= 15 is 0 Å². The van der Waals surface area contributed by atoms with Gasteiger partial charge in [0.2, 0.25) is 0 Å². The molecule has 1 nitrogen and oxygen atoms in total. The Kier molecular flexibility index (Phi) is 4.32. The summed E-state index contributed by atoms with van der Waals surface area (Å²) >= 11 is 2.93. The van der Waals surface area contributed by atoms with E-state index in [0.717, 1.165) is 0 Å². The number of hydrogen-bond acceptors (Lipinski definition) is 1. The molecule has 0 amide bonds. The number of alkyl halides is 3. The topological polar surface area (TPSA) is 12.0 Å². The van der Waals surface area contributed by atoms with Gasteiger partial charge in [-0.25, -0.2) is 4.39 Å². The molecule has 0 aromatic heterocycles. The van der Waals surface area contributed by atoms with E-state index in [2.05, 4.69) is 21.2 Å². The molecule has 0 bridgehead atoms. The van der Waals surface area contributed by atoms with E-state index in [1.54, 1.807) is 0 Å². The van der Waals surface area contributed by atoms with Crippen LogP contribution in [0.15, 0.2) is 22.7 Å². The van der Waals surface area contributed by atoms with Crippen LogP contribution in [0.2, 0.25) is 0 Å². The zero-order valence-electron chi connectivity index (χ0n) is 8.41. The molecule has 1 aromatic carbocycles. The van der Waals surface area contributed by atoms with Crippen LogP contribution in [0.5, 0.6) is 0 Å². The lowest BCUT2D eigenvalue weighted by Crippen LogP contribution is -2.41. The van der Waals surface area contributed by atoms with Crippen LogP contribution >= 0.6 is 15.9 Å². The van der Waals surface area contributed by atoms with E-state index in [1.165, 1.54) is 25.2 Å². The van der Waals surface area contributed by atoms with Gasteiger partial charge in [0.05, 0.1) is 4.47 Å². The lowest BCUT2D eigenvalue weighted by molar-refractivity contribution is -0.154. The number of likely N-dealkylation sites (N-methyl/N-ethyl adjacent to an activating group) is 1. The van der Waals surface area contributed by atoms with Gasteiger partial charge in [0.25, 0.3) is 0 Å². The smallest absolute Gasteiger partial charge is 0.309 e. The molecule has 0 aliphatic rings. The third-order valence-electron chi connectivity index (χ3n) is 2.20. The van der Waals surface area contributed by atoms with Gasteiger partial charge in [0.15, 0.2) is 0 Å². The Balaban J connectivity index is 2.91. The van der Waals surface area contributed by atoms with Crippen LogP contribution in [0.1, 0.15) is 5.56 Å². The summed E-state index contributed by atoms with van der Waals surface area (Å²) in [7, 11) is 1.23. The van der Waals surface area contributed by atoms with Crippen molar-refractivity contribution in [2.75, 3.05) is 7.05 Å². The highest BCUT2D eigenvalue weighted by Crippen LogP contribution is 2.27. The van der Waals surface area contributed by atoms with Gasteiger partial charge in [0, 0.05) is 0 Å². The second kappa shape index (κ2) is 5.14. The molecule has 0 saturated heterocycles. The van der Waals surface area contributed by atoms with Crippen LogP contribution in [0.25, 0.3) is 0 Å². The molecule has 0 saturated carbocycles. The van der Waals surface area contributed by atoms with Gasteiger partial charge in [-0.1, -0.05) is 12.1 Å². The number of rotatable bonds is 3. The molecule has 0 fully saturated rings. The van der Waals surface area contributed by atoms with Crippen molar-refractivity contribution in [3.05, 3.63) is 34.1 Å². The molecule has 6 heteroatoms. The van der Waals surface area contributed by atoms with Crippen molar-refractivity contribution in [1.82, 2.24) is 5.32 Å². The van der Waals surface area contributed by atoms with E-state index in [4.69, 9.17) is 0 Å². The van der Waals surface area contributed by atoms with Crippen LogP contribution in [0.4, 0.5) is 17.6 Å². The average Bonchev–Trinajstić information content (AvgIpc) is 2.18. The summed E-state index contributed by atoms with van der Waals surface area (Å²) < 4.78 is 50.6. The molecule has 1 atom stereocenters. The first-order chi connectivity index (χ1) is 7.36. The van der Waals surface area contributed by atoms with Crippen molar-refractivity contribution in [2.45, 2.75) is 18.6 Å². The quantitative estimate of drug-likeness (QED) is 0.845. The molecule has 0 aliphatic heterocycles. The van der Waals surface area contributed by atoms with Gasteiger partial charge in [-0.2, -0.15) is 13.2 Å². The SMILES string of the molecule is CNC(Cc1cccc(F)c1Br)C(F)(F)F. The molecule has 90 valence electrons. The maximum absolute atomic E-state index is 13.1. The minimum Gasteiger partial charge on any atom is -0.309 e. The van der Waals surface area contributed by atoms with Gasteiger partial charge >= 0.3 is 6.18 Å². The standard InChI is InChI=1S/C10H10BrF4N/c1-16-8(10(13,14)15)5-6-3-2-4-7(12)9(6)11/h2-4,8,16H,5H2,1H3. The Bertz CT molecular complexity index is 364. The van der Waals surface area contributed by atoms with Crippen molar-refractivity contribution in [2.24, 2.45) is 0 Å². The molecule has 0 radical (unpaired) electrons. The van der Waals surface area contributed by atoms with Gasteiger partial charge in [-0.05, 0) is 41.0 Å². The first-order valence-electron chi connectivity index (χ1n) is 4.53. The Morgan fingerprint density at radius 2 is 2.00 bits per heavy atom. The molecule has 0 spiro atoms. The van der Waals surface area contributed by atoms with Crippen LogP contribution < -0.4 is 5.32 Å². The van der Waals surface area contributed by atoms with Crippen molar-refractivity contribution >= 4 is 15.9 Å². The summed E-state index contributed by atoms with van der Waals surface area (Å²) in [6.45, 7) is 0. The maximum atomic E-state index is 13.1. The first-order valence-corrected chi connectivity index (χ1v) is 5.32. The molecule has 1 aromatic rings. The van der Waals surface area contributed by atoms with E-state index in [-0.39, 0.29) is 16.5 Å². The lowest BCUT2D eigenvalue weighted by atomic mass is 10.1. The van der Waals surface area contributed by atoms with Gasteiger partial charge in [-0.3, -0.25) is 0 Å². The number of halogens is 5. The van der Waals surface area contributed by atoms with Crippen LogP contribution in [0.3, 0.4) is 0 Å². The van der Waals surface area contributed by atoms with Gasteiger partial charge < -0.3 is 5.32 Å². The van der Waals surface area contributed by atoms with Crippen LogP contribution in [-0.2, 0) is 6.42 Å². The summed E-state index contributed by atoms with van der Waals surface area (Å²) in [6, 6.07) is 2.36. The third kappa shape index (κ3) is 3.18. The summed E-state index contributed by atoms with van der Waals surface area (Å²) in [5.74, 6) is -0.561. The van der Waals surface area contributed by atoms with Crippen molar-refractivity contribution in [1.29, 1.82) is 0 Å². The summed E-state index contributed by atoms with van der Waals surface area (Å²) in [6.07, 6.45) is -4.65. The first kappa shape index (κ1) is 13.4. The zero-order valence-corrected chi connectivity index (χ0v) is 9.99. The highest BCUT2D eigenvalue weighted by molar-refractivity contribution is 9.10. The summed E-state index contributed by atoms with van der Waals surface area (Å²) in [5, 5.41) is 2.17. The monoisotopic (exact) mass is 299 g/mol. The minimum atomic E-state index is -4.35. The molecule has 1 rings (SSSR count). The third-order valence-corrected chi connectivity index (χ3v) is 3.09. The Morgan fingerprint density at radius 3 is 2.50 bits per heavy atom. The van der Waals surface area contributed by atoms with E-state index in [0.29, 0.717) is 0 Å². The molecule has 0 aliphatic carbocycles. The maximum Gasteiger partial charge on any atom is 0.404 e. The van der Waals surface area contributed by atoms with Gasteiger partial charge in [0.1, 0.15) is 11.9 Å². The molecular formula is C10H10BrF4N. The Labute approximate surface area is 99.0 Å². The van der Waals surface area contributed by atoms with Gasteiger partial charge in [-0.15, -0.1) is 0 Å². The highest BCUT2D eigenvalue weighted by Gasteiger charge is 2.38. The zero-order chi connectivity index (χ0) is 12.3. The predicted molar refractivity (Wildman–Crippen MR) is 56.7 cm³/mol. The summed E-state index contributed by atoms with van der Waals surface area (Å²) in [5.41, 5.74) is 0.289.